The molecule has 0 aliphatic rings. The van der Waals surface area contributed by atoms with Crippen molar-refractivity contribution in [2.45, 2.75) is 0 Å². The molecule has 0 aromatic heterocycles. The predicted molar refractivity (Wildman–Crippen MR) is 17.8 cm³/mol. The molecule has 0 fully saturated rings. The molecule has 0 heterocycles. The first-order chi connectivity index (χ1) is 1.00. The van der Waals surface area contributed by atoms with Crippen molar-refractivity contribution in [3.05, 3.63) is 0 Å². The Labute approximate surface area is 89.5 Å². The van der Waals surface area contributed by atoms with Gasteiger partial charge in [-0.3, -0.25) is 0 Å². The van der Waals surface area contributed by atoms with Gasteiger partial charge in [-0.05, 0) is 0 Å². The fraction of sp³-hybridized carbons (Fsp3) is 0. The summed E-state index contributed by atoms with van der Waals surface area (Å²) < 4.78 is 8.26. The van der Waals surface area contributed by atoms with Crippen LogP contribution >= 0.6 is 0 Å². The van der Waals surface area contributed by atoms with Gasteiger partial charge in [0.2, 0.25) is 0 Å². The molecule has 4 heteroatoms. The van der Waals surface area contributed by atoms with Crippen LogP contribution in [0.15, 0.2) is 0 Å². The maximum atomic E-state index is 8.26. The molecule has 0 rings (SSSR count). The molecule has 0 spiro atoms. The summed E-state index contributed by atoms with van der Waals surface area (Å²) in [4.78, 5) is 0. The molecule has 0 unspecified atom stereocenters. The Morgan fingerprint density at radius 1 is 1.25 bits per heavy atom. The molecule has 4 heavy (non-hydrogen) atoms. The molecule has 0 radical (unpaired) electrons. The summed E-state index contributed by atoms with van der Waals surface area (Å²) in [6.07, 6.45) is 0. The fourth-order valence-electron chi connectivity index (χ4n) is 0. The van der Waals surface area contributed by atoms with Crippen molar-refractivity contribution < 1.29 is 23.2 Å². The number of rotatable bonds is 0. The van der Waals surface area contributed by atoms with Crippen LogP contribution in [0, 0.1) is 0 Å². The molecule has 0 aromatic rings. The summed E-state index contributed by atoms with van der Waals surface area (Å²) in [6, 6.07) is 0. The molecule has 1 nitrogen and oxygen atoms in total. The Bertz CT molecular complexity index is 8.00. The predicted octanol–water partition coefficient (Wildman–Crippen LogP) is -1.95. The van der Waals surface area contributed by atoms with Crippen molar-refractivity contribution in [3.63, 3.8) is 0 Å². The van der Waals surface area contributed by atoms with Crippen LogP contribution in [0.1, 0.15) is 0 Å². The zero-order chi connectivity index (χ0) is 2.00. The molecule has 0 aliphatic heterocycles. The summed E-state index contributed by atoms with van der Waals surface area (Å²) in [7, 11) is 0. The van der Waals surface area contributed by atoms with Gasteiger partial charge in [0.15, 0.2) is 0 Å². The maximum absolute atomic E-state index is 8.26. The van der Waals surface area contributed by atoms with E-state index < -0.39 is 0 Å². The first kappa shape index (κ1) is 15.9. The molecule has 0 aromatic carbocycles. The normalized spacial score (nSPS) is 1.00. The Hall–Kier alpha value is 2.74. The van der Waals surface area contributed by atoms with E-state index in [9.17, 15) is 0 Å². The quantitative estimate of drug-likeness (QED) is 0.440. The molecule has 0 amide bonds. The van der Waals surface area contributed by atoms with Gasteiger partial charge in [0.05, 0.1) is 0 Å². The van der Waals surface area contributed by atoms with E-state index in [-0.39, 0.29) is 68.5 Å². The van der Waals surface area contributed by atoms with Crippen molar-refractivity contribution in [3.8, 4) is 0 Å². The third kappa shape index (κ3) is 8.83. The van der Waals surface area contributed by atoms with Crippen molar-refractivity contribution in [2.24, 2.45) is 0 Å². The molecule has 0 atom stereocenters. The minimum absolute atomic E-state index is 0. The molecule has 0 saturated carbocycles. The summed E-state index contributed by atoms with van der Waals surface area (Å²) in [5, 5.41) is 0. The first-order valence-corrected chi connectivity index (χ1v) is 0.986. The van der Waals surface area contributed by atoms with Crippen LogP contribution in [0.4, 0.5) is 0 Å². The van der Waals surface area contributed by atoms with Gasteiger partial charge in [-0.1, -0.05) is 0 Å². The van der Waals surface area contributed by atoms with Gasteiger partial charge in [-0.2, -0.15) is 0 Å². The summed E-state index contributed by atoms with van der Waals surface area (Å²) in [5.41, 5.74) is 0. The van der Waals surface area contributed by atoms with E-state index >= 15 is 0 Å². The van der Waals surface area contributed by atoms with Gasteiger partial charge in [0.25, 0.3) is 0 Å². The molecule has 0 aliphatic carbocycles. The molecule has 0 N–H and O–H groups in total. The Morgan fingerprint density at radius 3 is 1.25 bits per heavy atom. The van der Waals surface area contributed by atoms with Gasteiger partial charge < -0.3 is 0 Å². The van der Waals surface area contributed by atoms with Gasteiger partial charge in [-0.15, -0.1) is 0 Å². The van der Waals surface area contributed by atoms with Crippen LogP contribution in [0.3, 0.4) is 0 Å². The molecule has 0 saturated heterocycles. The average Bonchev–Trinajstić information content (AvgIpc) is 1.00. The Morgan fingerprint density at radius 2 is 1.25 bits per heavy atom. The standard InChI is InChI=1S/Mg.Mo.O.Sr.4H. The van der Waals surface area contributed by atoms with Gasteiger partial charge in [0, 0.05) is 0 Å². The van der Waals surface area contributed by atoms with Crippen molar-refractivity contribution in [2.75, 3.05) is 0 Å². The third-order valence-corrected chi connectivity index (χ3v) is 0. The van der Waals surface area contributed by atoms with Crippen molar-refractivity contribution in [1.29, 1.82) is 0 Å². The van der Waals surface area contributed by atoms with Crippen molar-refractivity contribution >= 4 is 68.5 Å². The van der Waals surface area contributed by atoms with Crippen LogP contribution < -0.4 is 0 Å². The third-order valence-electron chi connectivity index (χ3n) is 0. The Balaban J connectivity index is -0.00000000500. The summed E-state index contributed by atoms with van der Waals surface area (Å²) in [5.74, 6) is 0. The van der Waals surface area contributed by atoms with Crippen LogP contribution in [0.2, 0.25) is 0 Å². The molecule has 20 valence electrons. The van der Waals surface area contributed by atoms with E-state index in [1.165, 1.54) is 0 Å². The van der Waals surface area contributed by atoms with Crippen molar-refractivity contribution in [1.82, 2.24) is 0 Å². The van der Waals surface area contributed by atoms with Gasteiger partial charge in [0.1, 0.15) is 0 Å². The zero-order valence-electron chi connectivity index (χ0n) is 0.816. The van der Waals surface area contributed by atoms with E-state index in [2.05, 4.69) is 0 Å². The average molecular weight is 228 g/mol. The van der Waals surface area contributed by atoms with Crippen LogP contribution in [0.5, 0.6) is 0 Å². The molecule has 0 bridgehead atoms. The summed E-state index contributed by atoms with van der Waals surface area (Å²) in [6.45, 7) is 0. The monoisotopic (exact) mass is 230 g/mol. The van der Waals surface area contributed by atoms with E-state index in [4.69, 9.17) is 3.40 Å². The second-order valence-corrected chi connectivity index (χ2v) is 0. The fourth-order valence-corrected chi connectivity index (χ4v) is 0. The van der Waals surface area contributed by atoms with E-state index in [1.807, 2.05) is 0 Å². The van der Waals surface area contributed by atoms with Crippen LogP contribution in [-0.4, -0.2) is 68.5 Å². The summed E-state index contributed by atoms with van der Waals surface area (Å²) >= 11 is 0.700. The second kappa shape index (κ2) is 17.2. The van der Waals surface area contributed by atoms with E-state index in [1.54, 1.807) is 0 Å². The first-order valence-electron chi connectivity index (χ1n) is 0.167. The topological polar surface area (TPSA) is 17.1 Å². The number of hydrogen-bond donors (Lipinski definition) is 0. The van der Waals surface area contributed by atoms with Gasteiger partial charge >= 0.3 is 91.7 Å². The SMILES string of the molecule is [MgH2].[O]=[Mo].[SrH2]. The van der Waals surface area contributed by atoms with Gasteiger partial charge in [-0.25, -0.2) is 0 Å². The van der Waals surface area contributed by atoms with E-state index in [0.29, 0.717) is 19.8 Å². The Kier molecular flexibility index (Phi) is 68.2. The second-order valence-electron chi connectivity index (χ2n) is 0. The minimum atomic E-state index is 0. The van der Waals surface area contributed by atoms with Crippen LogP contribution in [-0.2, 0) is 23.2 Å². The van der Waals surface area contributed by atoms with Crippen LogP contribution in [0.25, 0.3) is 0 Å². The van der Waals surface area contributed by atoms with E-state index in [0.717, 1.165) is 0 Å². The zero-order valence-corrected chi connectivity index (χ0v) is 2.82. The number of hydrogen-bond acceptors (Lipinski definition) is 1. The molecular weight excluding hydrogens is 224 g/mol. The molecular formula is H4MgMoOSr.